The van der Waals surface area contributed by atoms with Gasteiger partial charge < -0.3 is 9.47 Å². The van der Waals surface area contributed by atoms with Gasteiger partial charge in [0.2, 0.25) is 0 Å². The van der Waals surface area contributed by atoms with Crippen molar-refractivity contribution in [2.75, 3.05) is 12.4 Å². The van der Waals surface area contributed by atoms with Gasteiger partial charge in [0.05, 0.1) is 12.4 Å². The molecule has 0 N–H and O–H groups in total. The predicted octanol–water partition coefficient (Wildman–Crippen LogP) is 2.70. The second-order valence-corrected chi connectivity index (χ2v) is 7.38. The molecule has 0 bridgehead atoms. The third-order valence-corrected chi connectivity index (χ3v) is 5.30. The van der Waals surface area contributed by atoms with Crippen molar-refractivity contribution in [3.8, 4) is 0 Å². The van der Waals surface area contributed by atoms with Crippen LogP contribution >= 0.6 is 0 Å². The molecular weight excluding hydrogens is 333 g/mol. The molecule has 0 amide bonds. The summed E-state index contributed by atoms with van der Waals surface area (Å²) in [4.78, 5) is 0. The predicted molar refractivity (Wildman–Crippen MR) is 79.4 cm³/mol. The van der Waals surface area contributed by atoms with E-state index in [-0.39, 0.29) is 18.1 Å². The van der Waals surface area contributed by atoms with E-state index in [1.807, 2.05) is 0 Å². The standard InChI is InChI=1S/C15H17F3O4S/c1-11(15(16,17)18)22-12-6-7-14-13(10-12)21-8-4-2-3-5-9-23(14,19)20/h2-7,10-11,13-14H,8-9H2,1H3/b4-2-,5-3-. The second-order valence-electron chi connectivity index (χ2n) is 5.18. The molecule has 4 nitrogen and oxygen atoms in total. The SMILES string of the molecule is CC(OC1=CC2OC/C=C\C=C/CS(=O)(=O)C2C=C1)C(F)(F)F. The van der Waals surface area contributed by atoms with Crippen molar-refractivity contribution >= 4 is 9.84 Å². The Bertz CT molecular complexity index is 644. The average molecular weight is 350 g/mol. The Hall–Kier alpha value is -1.54. The van der Waals surface area contributed by atoms with Crippen molar-refractivity contribution < 1.29 is 31.1 Å². The van der Waals surface area contributed by atoms with Gasteiger partial charge in [0, 0.05) is 0 Å². The van der Waals surface area contributed by atoms with E-state index in [1.165, 1.54) is 24.3 Å². The lowest BCUT2D eigenvalue weighted by atomic mass is 10.1. The van der Waals surface area contributed by atoms with Crippen LogP contribution in [0.25, 0.3) is 0 Å². The van der Waals surface area contributed by atoms with Gasteiger partial charge in [-0.05, 0) is 19.1 Å². The van der Waals surface area contributed by atoms with Crippen molar-refractivity contribution in [3.63, 3.8) is 0 Å². The van der Waals surface area contributed by atoms with Gasteiger partial charge >= 0.3 is 6.18 Å². The monoisotopic (exact) mass is 350 g/mol. The van der Waals surface area contributed by atoms with E-state index in [0.717, 1.165) is 6.92 Å². The summed E-state index contributed by atoms with van der Waals surface area (Å²) < 4.78 is 72.6. The Morgan fingerprint density at radius 2 is 2.00 bits per heavy atom. The minimum Gasteiger partial charge on any atom is -0.481 e. The van der Waals surface area contributed by atoms with Crippen molar-refractivity contribution in [3.05, 3.63) is 48.3 Å². The first kappa shape index (κ1) is 17.8. The summed E-state index contributed by atoms with van der Waals surface area (Å²) in [5, 5.41) is -0.952. The van der Waals surface area contributed by atoms with Crippen LogP contribution in [0.2, 0.25) is 0 Å². The molecule has 8 heteroatoms. The molecule has 0 aromatic heterocycles. The lowest BCUT2D eigenvalue weighted by Crippen LogP contribution is -2.37. The van der Waals surface area contributed by atoms with E-state index in [1.54, 1.807) is 18.2 Å². The molecule has 0 saturated heterocycles. The topological polar surface area (TPSA) is 52.6 Å². The van der Waals surface area contributed by atoms with Crippen LogP contribution in [0.1, 0.15) is 6.92 Å². The van der Waals surface area contributed by atoms with Crippen molar-refractivity contribution in [1.82, 2.24) is 0 Å². The average Bonchev–Trinajstić information content (AvgIpc) is 2.45. The van der Waals surface area contributed by atoms with Gasteiger partial charge in [-0.15, -0.1) is 0 Å². The van der Waals surface area contributed by atoms with Crippen molar-refractivity contribution in [2.24, 2.45) is 0 Å². The molecule has 128 valence electrons. The maximum Gasteiger partial charge on any atom is 0.425 e. The number of sulfone groups is 1. The molecule has 3 unspecified atom stereocenters. The Kier molecular flexibility index (Phi) is 5.36. The summed E-state index contributed by atoms with van der Waals surface area (Å²) in [7, 11) is -3.52. The second kappa shape index (κ2) is 6.92. The van der Waals surface area contributed by atoms with Crippen LogP contribution in [0.15, 0.2) is 48.3 Å². The molecule has 1 heterocycles. The highest BCUT2D eigenvalue weighted by molar-refractivity contribution is 7.92. The highest BCUT2D eigenvalue weighted by Crippen LogP contribution is 2.28. The number of hydrogen-bond acceptors (Lipinski definition) is 4. The Morgan fingerprint density at radius 3 is 2.70 bits per heavy atom. The number of fused-ring (bicyclic) bond motifs is 1. The fraction of sp³-hybridized carbons (Fsp3) is 0.467. The van der Waals surface area contributed by atoms with Gasteiger partial charge in [-0.2, -0.15) is 13.2 Å². The van der Waals surface area contributed by atoms with Gasteiger partial charge in [0.15, 0.2) is 15.9 Å². The molecule has 0 spiro atoms. The maximum atomic E-state index is 12.6. The summed E-state index contributed by atoms with van der Waals surface area (Å²) in [6.07, 6.45) is 2.94. The van der Waals surface area contributed by atoms with Crippen LogP contribution in [0.5, 0.6) is 0 Å². The zero-order valence-corrected chi connectivity index (χ0v) is 13.2. The smallest absolute Gasteiger partial charge is 0.425 e. The number of alkyl halides is 3. The number of rotatable bonds is 2. The van der Waals surface area contributed by atoms with E-state index in [9.17, 15) is 21.6 Å². The number of hydrogen-bond donors (Lipinski definition) is 0. The van der Waals surface area contributed by atoms with Crippen molar-refractivity contribution in [2.45, 2.75) is 30.6 Å². The minimum atomic E-state index is -4.50. The van der Waals surface area contributed by atoms with Crippen LogP contribution in [-0.2, 0) is 19.3 Å². The highest BCUT2D eigenvalue weighted by atomic mass is 32.2. The first-order valence-corrected chi connectivity index (χ1v) is 8.70. The summed E-state index contributed by atoms with van der Waals surface area (Å²) >= 11 is 0. The number of halogens is 3. The molecule has 0 saturated carbocycles. The quantitative estimate of drug-likeness (QED) is 0.768. The zero-order chi connectivity index (χ0) is 17.1. The van der Waals surface area contributed by atoms with Crippen LogP contribution in [-0.4, -0.2) is 44.4 Å². The largest absolute Gasteiger partial charge is 0.481 e. The van der Waals surface area contributed by atoms with Gasteiger partial charge in [0.25, 0.3) is 0 Å². The van der Waals surface area contributed by atoms with Gasteiger partial charge in [-0.3, -0.25) is 0 Å². The number of ether oxygens (including phenoxy) is 2. The molecule has 2 rings (SSSR count). The maximum absolute atomic E-state index is 12.6. The fourth-order valence-electron chi connectivity index (χ4n) is 2.11. The van der Waals surface area contributed by atoms with Crippen LogP contribution in [0, 0.1) is 0 Å². The van der Waals surface area contributed by atoms with Crippen LogP contribution < -0.4 is 0 Å². The van der Waals surface area contributed by atoms with E-state index < -0.39 is 33.5 Å². The molecule has 0 aromatic rings. The fourth-order valence-corrected chi connectivity index (χ4v) is 3.59. The molecule has 3 atom stereocenters. The van der Waals surface area contributed by atoms with Gasteiger partial charge in [0.1, 0.15) is 17.1 Å². The number of allylic oxidation sites excluding steroid dienone is 3. The normalized spacial score (nSPS) is 31.4. The summed E-state index contributed by atoms with van der Waals surface area (Å²) in [6, 6.07) is 0. The van der Waals surface area contributed by atoms with Gasteiger partial charge in [-0.25, -0.2) is 8.42 Å². The van der Waals surface area contributed by atoms with Crippen molar-refractivity contribution in [1.29, 1.82) is 0 Å². The third-order valence-electron chi connectivity index (χ3n) is 3.39. The zero-order valence-electron chi connectivity index (χ0n) is 12.4. The van der Waals surface area contributed by atoms with E-state index >= 15 is 0 Å². The molecule has 23 heavy (non-hydrogen) atoms. The minimum absolute atomic E-state index is 0.0529. The summed E-state index contributed by atoms with van der Waals surface area (Å²) in [5.41, 5.74) is 0. The van der Waals surface area contributed by atoms with E-state index in [4.69, 9.17) is 9.47 Å². The first-order valence-electron chi connectivity index (χ1n) is 6.98. The van der Waals surface area contributed by atoms with E-state index in [0.29, 0.717) is 0 Å². The van der Waals surface area contributed by atoms with Gasteiger partial charge in [-0.1, -0.05) is 30.4 Å². The van der Waals surface area contributed by atoms with Crippen LogP contribution in [0.3, 0.4) is 0 Å². The van der Waals surface area contributed by atoms with Crippen LogP contribution in [0.4, 0.5) is 13.2 Å². The summed E-state index contributed by atoms with van der Waals surface area (Å²) in [6.45, 7) is 1.03. The molecule has 0 fully saturated rings. The first-order chi connectivity index (χ1) is 10.7. The highest BCUT2D eigenvalue weighted by Gasteiger charge is 2.39. The molecule has 0 radical (unpaired) electrons. The summed E-state index contributed by atoms with van der Waals surface area (Å²) in [5.74, 6) is -0.224. The Morgan fingerprint density at radius 1 is 1.30 bits per heavy atom. The lowest BCUT2D eigenvalue weighted by molar-refractivity contribution is -0.202. The molecule has 2 aliphatic rings. The Labute approximate surface area is 132 Å². The lowest BCUT2D eigenvalue weighted by Gasteiger charge is -2.27. The third kappa shape index (κ3) is 4.71. The Balaban J connectivity index is 2.21. The molecule has 0 aromatic carbocycles. The molecular formula is C15H17F3O4S. The van der Waals surface area contributed by atoms with E-state index in [2.05, 4.69) is 0 Å². The molecule has 1 aliphatic carbocycles. The molecule has 1 aliphatic heterocycles.